The first kappa shape index (κ1) is 13.4. The minimum atomic E-state index is 0.399. The monoisotopic (exact) mass is 198 g/mol. The first-order chi connectivity index (χ1) is 6.61. The molecule has 0 aliphatic carbocycles. The van der Waals surface area contributed by atoms with Gasteiger partial charge in [0.15, 0.2) is 0 Å². The molecule has 0 aliphatic heterocycles. The van der Waals surface area contributed by atoms with E-state index in [1.54, 1.807) is 7.11 Å². The van der Waals surface area contributed by atoms with E-state index in [4.69, 9.17) is 10.00 Å². The highest BCUT2D eigenvalue weighted by Crippen LogP contribution is 2.05. The lowest BCUT2D eigenvalue weighted by Crippen LogP contribution is -2.39. The number of hydrogen-bond acceptors (Lipinski definition) is 3. The zero-order valence-electron chi connectivity index (χ0n) is 9.79. The van der Waals surface area contributed by atoms with Gasteiger partial charge in [-0.1, -0.05) is 13.8 Å². The van der Waals surface area contributed by atoms with Gasteiger partial charge in [-0.3, -0.25) is 4.90 Å². The zero-order valence-corrected chi connectivity index (χ0v) is 9.79. The van der Waals surface area contributed by atoms with Gasteiger partial charge in [-0.2, -0.15) is 5.26 Å². The molecule has 0 radical (unpaired) electrons. The molecule has 0 spiro atoms. The van der Waals surface area contributed by atoms with Crippen molar-refractivity contribution in [3.05, 3.63) is 0 Å². The zero-order chi connectivity index (χ0) is 11.0. The summed E-state index contributed by atoms with van der Waals surface area (Å²) in [6.07, 6.45) is 0.598. The second-order valence-corrected chi connectivity index (χ2v) is 4.10. The number of nitriles is 1. The Morgan fingerprint density at radius 3 is 2.43 bits per heavy atom. The predicted octanol–water partition coefficient (Wildman–Crippen LogP) is 1.89. The molecule has 3 heteroatoms. The summed E-state index contributed by atoms with van der Waals surface area (Å²) < 4.78 is 5.12. The maximum absolute atomic E-state index is 8.55. The third-order valence-electron chi connectivity index (χ3n) is 2.14. The lowest BCUT2D eigenvalue weighted by atomic mass is 10.1. The highest BCUT2D eigenvalue weighted by molar-refractivity contribution is 4.76. The van der Waals surface area contributed by atoms with Crippen LogP contribution in [0, 0.1) is 17.2 Å². The lowest BCUT2D eigenvalue weighted by Gasteiger charge is -2.29. The average molecular weight is 198 g/mol. The van der Waals surface area contributed by atoms with Gasteiger partial charge >= 0.3 is 0 Å². The van der Waals surface area contributed by atoms with Crippen LogP contribution in [0.25, 0.3) is 0 Å². The molecule has 0 fully saturated rings. The number of ether oxygens (including phenoxy) is 1. The van der Waals surface area contributed by atoms with Crippen molar-refractivity contribution in [2.75, 3.05) is 26.8 Å². The van der Waals surface area contributed by atoms with Crippen molar-refractivity contribution in [1.29, 1.82) is 5.26 Å². The van der Waals surface area contributed by atoms with Crippen LogP contribution in [0.3, 0.4) is 0 Å². The second kappa shape index (κ2) is 7.78. The van der Waals surface area contributed by atoms with Crippen LogP contribution in [0.5, 0.6) is 0 Å². The van der Waals surface area contributed by atoms with Crippen molar-refractivity contribution < 1.29 is 4.74 Å². The van der Waals surface area contributed by atoms with Gasteiger partial charge in [-0.15, -0.1) is 0 Å². The van der Waals surface area contributed by atoms with Gasteiger partial charge in [0.25, 0.3) is 0 Å². The Morgan fingerprint density at radius 1 is 1.36 bits per heavy atom. The molecule has 0 saturated carbocycles. The van der Waals surface area contributed by atoms with E-state index >= 15 is 0 Å². The van der Waals surface area contributed by atoms with E-state index < -0.39 is 0 Å². The smallest absolute Gasteiger partial charge is 0.0635 e. The summed E-state index contributed by atoms with van der Waals surface area (Å²) in [4.78, 5) is 2.32. The van der Waals surface area contributed by atoms with Crippen LogP contribution in [-0.4, -0.2) is 37.7 Å². The summed E-state index contributed by atoms with van der Waals surface area (Å²) in [5.41, 5.74) is 0. The fourth-order valence-corrected chi connectivity index (χ4v) is 1.50. The minimum Gasteiger partial charge on any atom is -0.383 e. The topological polar surface area (TPSA) is 36.3 Å². The Balaban J connectivity index is 4.02. The summed E-state index contributed by atoms with van der Waals surface area (Å²) in [6.45, 7) is 9.14. The van der Waals surface area contributed by atoms with Gasteiger partial charge in [-0.05, 0) is 12.8 Å². The van der Waals surface area contributed by atoms with Crippen molar-refractivity contribution >= 4 is 0 Å². The van der Waals surface area contributed by atoms with Crippen molar-refractivity contribution in [2.45, 2.75) is 33.2 Å². The van der Waals surface area contributed by atoms with Crippen LogP contribution in [-0.2, 0) is 4.74 Å². The molecule has 0 amide bonds. The number of methoxy groups -OCH3 is 1. The van der Waals surface area contributed by atoms with Gasteiger partial charge in [0.05, 0.1) is 12.7 Å². The quantitative estimate of drug-likeness (QED) is 0.627. The molecule has 82 valence electrons. The molecule has 0 heterocycles. The summed E-state index contributed by atoms with van der Waals surface area (Å²) >= 11 is 0. The summed E-state index contributed by atoms with van der Waals surface area (Å²) in [7, 11) is 1.72. The molecule has 0 N–H and O–H groups in total. The van der Waals surface area contributed by atoms with Crippen molar-refractivity contribution in [3.63, 3.8) is 0 Å². The van der Waals surface area contributed by atoms with E-state index in [1.807, 2.05) is 0 Å². The molecule has 0 aromatic heterocycles. The highest BCUT2D eigenvalue weighted by Gasteiger charge is 2.14. The molecule has 14 heavy (non-hydrogen) atoms. The Bertz CT molecular complexity index is 175. The van der Waals surface area contributed by atoms with Gasteiger partial charge in [-0.25, -0.2) is 0 Å². The molecule has 0 rings (SSSR count). The normalized spacial score (nSPS) is 13.2. The first-order valence-electron chi connectivity index (χ1n) is 5.21. The van der Waals surface area contributed by atoms with Gasteiger partial charge < -0.3 is 4.74 Å². The molecule has 0 bridgehead atoms. The molecule has 3 nitrogen and oxygen atoms in total. The van der Waals surface area contributed by atoms with Crippen LogP contribution < -0.4 is 0 Å². The predicted molar refractivity (Wildman–Crippen MR) is 58.0 cm³/mol. The lowest BCUT2D eigenvalue weighted by molar-refractivity contribution is 0.0927. The SMILES string of the molecule is COCC(C)N(CCC#N)CC(C)C. The molecule has 1 atom stereocenters. The average Bonchev–Trinajstić information content (AvgIpc) is 2.12. The molecular formula is C11H22N2O. The van der Waals surface area contributed by atoms with E-state index in [-0.39, 0.29) is 0 Å². The van der Waals surface area contributed by atoms with Gasteiger partial charge in [0.1, 0.15) is 0 Å². The van der Waals surface area contributed by atoms with Crippen LogP contribution >= 0.6 is 0 Å². The summed E-state index contributed by atoms with van der Waals surface area (Å²) in [5.74, 6) is 0.632. The van der Waals surface area contributed by atoms with Crippen LogP contribution in [0.1, 0.15) is 27.2 Å². The number of hydrogen-bond donors (Lipinski definition) is 0. The summed E-state index contributed by atoms with van der Waals surface area (Å²) in [5, 5.41) is 8.55. The molecule has 0 aliphatic rings. The van der Waals surface area contributed by atoms with Crippen molar-refractivity contribution in [3.8, 4) is 6.07 Å². The van der Waals surface area contributed by atoms with Crippen LogP contribution in [0.15, 0.2) is 0 Å². The highest BCUT2D eigenvalue weighted by atomic mass is 16.5. The van der Waals surface area contributed by atoms with Gasteiger partial charge in [0, 0.05) is 32.7 Å². The fraction of sp³-hybridized carbons (Fsp3) is 0.909. The Morgan fingerprint density at radius 2 is 2.00 bits per heavy atom. The van der Waals surface area contributed by atoms with Crippen LogP contribution in [0.2, 0.25) is 0 Å². The maximum atomic E-state index is 8.55. The third kappa shape index (κ3) is 5.95. The van der Waals surface area contributed by atoms with E-state index in [0.29, 0.717) is 18.4 Å². The van der Waals surface area contributed by atoms with Crippen molar-refractivity contribution in [2.24, 2.45) is 5.92 Å². The maximum Gasteiger partial charge on any atom is 0.0635 e. The molecule has 0 aromatic rings. The van der Waals surface area contributed by atoms with Crippen molar-refractivity contribution in [1.82, 2.24) is 4.90 Å². The molecule has 0 aromatic carbocycles. The van der Waals surface area contributed by atoms with E-state index in [2.05, 4.69) is 31.7 Å². The molecular weight excluding hydrogens is 176 g/mol. The first-order valence-corrected chi connectivity index (χ1v) is 5.21. The van der Waals surface area contributed by atoms with E-state index in [0.717, 1.165) is 19.7 Å². The molecule has 1 unspecified atom stereocenters. The van der Waals surface area contributed by atoms with E-state index in [9.17, 15) is 0 Å². The Labute approximate surface area is 87.7 Å². The number of nitrogens with zero attached hydrogens (tertiary/aromatic N) is 2. The minimum absolute atomic E-state index is 0.399. The van der Waals surface area contributed by atoms with Crippen LogP contribution in [0.4, 0.5) is 0 Å². The van der Waals surface area contributed by atoms with Gasteiger partial charge in [0.2, 0.25) is 0 Å². The van der Waals surface area contributed by atoms with E-state index in [1.165, 1.54) is 0 Å². The third-order valence-corrected chi connectivity index (χ3v) is 2.14. The fourth-order valence-electron chi connectivity index (χ4n) is 1.50. The number of rotatable bonds is 7. The standard InChI is InChI=1S/C11H22N2O/c1-10(2)8-13(7-5-6-12)11(3)9-14-4/h10-11H,5,7-9H2,1-4H3. The largest absolute Gasteiger partial charge is 0.383 e. The molecule has 0 saturated heterocycles. The Hall–Kier alpha value is -0.590. The second-order valence-electron chi connectivity index (χ2n) is 4.10. The summed E-state index contributed by atoms with van der Waals surface area (Å²) in [6, 6.07) is 2.58. The Kier molecular flexibility index (Phi) is 7.45.